The zero-order valence-electron chi connectivity index (χ0n) is 28.3. The summed E-state index contributed by atoms with van der Waals surface area (Å²) in [6.45, 7) is 13.0. The third kappa shape index (κ3) is 9.96. The van der Waals surface area contributed by atoms with E-state index in [9.17, 15) is 23.6 Å². The van der Waals surface area contributed by atoms with Gasteiger partial charge in [-0.05, 0) is 71.9 Å². The van der Waals surface area contributed by atoms with Gasteiger partial charge >= 0.3 is 18.3 Å². The van der Waals surface area contributed by atoms with Crippen molar-refractivity contribution in [3.63, 3.8) is 0 Å². The van der Waals surface area contributed by atoms with Gasteiger partial charge in [0.1, 0.15) is 23.2 Å². The van der Waals surface area contributed by atoms with E-state index in [-0.39, 0.29) is 54.8 Å². The molecule has 14 heteroatoms. The number of hydrogen-bond acceptors (Lipinski definition) is 8. The van der Waals surface area contributed by atoms with Crippen molar-refractivity contribution in [1.82, 2.24) is 19.6 Å². The second kappa shape index (κ2) is 15.4. The van der Waals surface area contributed by atoms with Crippen LogP contribution in [-0.4, -0.2) is 113 Å². The molecule has 0 spiro atoms. The van der Waals surface area contributed by atoms with Gasteiger partial charge in [-0.2, -0.15) is 0 Å². The highest BCUT2D eigenvalue weighted by atomic mass is 35.5. The van der Waals surface area contributed by atoms with Crippen LogP contribution in [0, 0.1) is 5.82 Å². The first-order valence-electron chi connectivity index (χ1n) is 16.0. The molecule has 48 heavy (non-hydrogen) atoms. The van der Waals surface area contributed by atoms with Crippen molar-refractivity contribution in [3.8, 4) is 5.75 Å². The summed E-state index contributed by atoms with van der Waals surface area (Å²) in [6.07, 6.45) is -1.30. The quantitative estimate of drug-likeness (QED) is 0.296. The first-order chi connectivity index (χ1) is 22.5. The van der Waals surface area contributed by atoms with Gasteiger partial charge in [-0.3, -0.25) is 14.6 Å². The first kappa shape index (κ1) is 36.7. The predicted octanol–water partition coefficient (Wildman–Crippen LogP) is 5.85. The zero-order valence-corrected chi connectivity index (χ0v) is 29.1. The van der Waals surface area contributed by atoms with Crippen molar-refractivity contribution in [2.45, 2.75) is 71.2 Å². The summed E-state index contributed by atoms with van der Waals surface area (Å²) in [6, 6.07) is 10.5. The lowest BCUT2D eigenvalue weighted by molar-refractivity contribution is -0.143. The second-order valence-corrected chi connectivity index (χ2v) is 14.2. The van der Waals surface area contributed by atoms with E-state index >= 15 is 0 Å². The molecule has 2 saturated heterocycles. The Morgan fingerprint density at radius 2 is 1.60 bits per heavy atom. The van der Waals surface area contributed by atoms with Gasteiger partial charge in [-0.1, -0.05) is 29.8 Å². The van der Waals surface area contributed by atoms with Crippen LogP contribution >= 0.6 is 11.6 Å². The van der Waals surface area contributed by atoms with Crippen molar-refractivity contribution in [2.24, 2.45) is 0 Å². The number of ether oxygens (including phenoxy) is 3. The molecule has 12 nitrogen and oxygen atoms in total. The van der Waals surface area contributed by atoms with Crippen LogP contribution in [0.5, 0.6) is 5.75 Å². The van der Waals surface area contributed by atoms with E-state index in [1.165, 1.54) is 21.9 Å². The maximum absolute atomic E-state index is 14.2. The third-order valence-electron chi connectivity index (χ3n) is 8.08. The van der Waals surface area contributed by atoms with Gasteiger partial charge in [0, 0.05) is 56.9 Å². The first-order valence-corrected chi connectivity index (χ1v) is 16.4. The van der Waals surface area contributed by atoms with Crippen LogP contribution in [0.4, 0.5) is 24.5 Å². The Bertz CT molecular complexity index is 1470. The van der Waals surface area contributed by atoms with Crippen LogP contribution in [0.3, 0.4) is 0 Å². The highest BCUT2D eigenvalue weighted by molar-refractivity contribution is 6.30. The van der Waals surface area contributed by atoms with Gasteiger partial charge in [0.25, 0.3) is 0 Å². The highest BCUT2D eigenvalue weighted by Gasteiger charge is 2.43. The summed E-state index contributed by atoms with van der Waals surface area (Å²) >= 11 is 5.81. The van der Waals surface area contributed by atoms with E-state index in [1.54, 1.807) is 56.0 Å². The molecule has 2 aliphatic heterocycles. The van der Waals surface area contributed by atoms with Crippen molar-refractivity contribution in [1.29, 1.82) is 0 Å². The molecule has 2 atom stereocenters. The Labute approximate surface area is 286 Å². The van der Waals surface area contributed by atoms with Gasteiger partial charge in [0.2, 0.25) is 5.91 Å². The normalized spacial score (nSPS) is 19.0. The zero-order chi connectivity index (χ0) is 35.2. The summed E-state index contributed by atoms with van der Waals surface area (Å²) in [5.41, 5.74) is -0.783. The largest absolute Gasteiger partial charge is 0.513 e. The molecule has 2 heterocycles. The van der Waals surface area contributed by atoms with Crippen LogP contribution < -0.4 is 10.1 Å². The Kier molecular flexibility index (Phi) is 11.8. The molecule has 2 fully saturated rings. The molecule has 4 amide bonds. The van der Waals surface area contributed by atoms with Crippen molar-refractivity contribution >= 4 is 41.5 Å². The lowest BCUT2D eigenvalue weighted by Gasteiger charge is -2.48. The summed E-state index contributed by atoms with van der Waals surface area (Å²) in [5.74, 6) is -0.637. The van der Waals surface area contributed by atoms with Crippen LogP contribution in [0.2, 0.25) is 5.02 Å². The molecule has 2 unspecified atom stereocenters. The molecule has 4 rings (SSSR count). The molecule has 0 bridgehead atoms. The van der Waals surface area contributed by atoms with Crippen molar-refractivity contribution in [2.75, 3.05) is 51.2 Å². The lowest BCUT2D eigenvalue weighted by Crippen LogP contribution is -2.66. The predicted molar refractivity (Wildman–Crippen MR) is 179 cm³/mol. The SMILES string of the molecule is CC(C)(C)OC(=O)N1CCN(C(C)(C)C)CC1C(=O)N1CCN(C(=O)Nc2ccc(Cl)c(F)c2)C(CCOC(=O)Oc2ccccc2)C1. The standard InChI is InChI=1S/C34H45ClFN5O7/c1-33(2,3)39-16-18-41(31(44)48-34(4,5)6)28(22-39)29(42)38-15-17-40(30(43)37-23-12-13-26(35)27(36)20-23)24(21-38)14-19-46-32(45)47-25-10-8-7-9-11-25/h7-13,20,24,28H,14-19,21-22H2,1-6H3,(H,37,43). The number of rotatable bonds is 6. The van der Waals surface area contributed by atoms with E-state index in [2.05, 4.69) is 31.0 Å². The monoisotopic (exact) mass is 689 g/mol. The number of hydrogen-bond donors (Lipinski definition) is 1. The minimum Gasteiger partial charge on any atom is -0.444 e. The number of amides is 4. The maximum Gasteiger partial charge on any atom is 0.513 e. The topological polar surface area (TPSA) is 121 Å². The average molecular weight is 690 g/mol. The molecule has 0 aromatic heterocycles. The number of para-hydroxylation sites is 1. The summed E-state index contributed by atoms with van der Waals surface area (Å²) in [4.78, 5) is 60.2. The number of piperazine rings is 2. The van der Waals surface area contributed by atoms with E-state index in [0.717, 1.165) is 6.07 Å². The van der Waals surface area contributed by atoms with Crippen molar-refractivity contribution < 1.29 is 37.8 Å². The Morgan fingerprint density at radius 1 is 0.917 bits per heavy atom. The Balaban J connectivity index is 1.51. The smallest absolute Gasteiger partial charge is 0.444 e. The van der Waals surface area contributed by atoms with Gasteiger partial charge in [-0.15, -0.1) is 0 Å². The number of nitrogens with zero attached hydrogens (tertiary/aromatic N) is 4. The molecule has 0 saturated carbocycles. The van der Waals surface area contributed by atoms with Crippen LogP contribution in [0.15, 0.2) is 48.5 Å². The Morgan fingerprint density at radius 3 is 2.25 bits per heavy atom. The van der Waals surface area contributed by atoms with E-state index in [1.807, 2.05) is 0 Å². The number of halogens is 2. The van der Waals surface area contributed by atoms with E-state index in [0.29, 0.717) is 25.4 Å². The second-order valence-electron chi connectivity index (χ2n) is 13.8. The third-order valence-corrected chi connectivity index (χ3v) is 8.39. The summed E-state index contributed by atoms with van der Waals surface area (Å²) < 4.78 is 30.3. The van der Waals surface area contributed by atoms with Crippen LogP contribution in [-0.2, 0) is 14.3 Å². The molecule has 0 aliphatic carbocycles. The lowest BCUT2D eigenvalue weighted by atomic mass is 10.0. The fourth-order valence-electron chi connectivity index (χ4n) is 5.58. The summed E-state index contributed by atoms with van der Waals surface area (Å²) in [5, 5.41) is 2.61. The number of anilines is 1. The highest BCUT2D eigenvalue weighted by Crippen LogP contribution is 2.25. The molecular formula is C34H45ClFN5O7. The Hall–Kier alpha value is -4.10. The molecule has 2 aromatic rings. The number of urea groups is 1. The molecule has 1 N–H and O–H groups in total. The average Bonchev–Trinajstić information content (AvgIpc) is 3.01. The summed E-state index contributed by atoms with van der Waals surface area (Å²) in [7, 11) is 0. The fraction of sp³-hybridized carbons (Fsp3) is 0.529. The number of nitrogens with one attached hydrogen (secondary N) is 1. The van der Waals surface area contributed by atoms with Crippen LogP contribution in [0.1, 0.15) is 48.0 Å². The van der Waals surface area contributed by atoms with Gasteiger partial charge in [0.05, 0.1) is 17.7 Å². The number of carbonyl (C=O) groups excluding carboxylic acids is 4. The van der Waals surface area contributed by atoms with Gasteiger partial charge in [-0.25, -0.2) is 18.8 Å². The molecule has 2 aliphatic rings. The van der Waals surface area contributed by atoms with Crippen molar-refractivity contribution in [3.05, 3.63) is 59.4 Å². The van der Waals surface area contributed by atoms with E-state index < -0.39 is 41.8 Å². The molecule has 0 radical (unpaired) electrons. The van der Waals surface area contributed by atoms with Gasteiger partial charge in [0.15, 0.2) is 0 Å². The number of benzene rings is 2. The van der Waals surface area contributed by atoms with Gasteiger partial charge < -0.3 is 29.3 Å². The minimum atomic E-state index is -0.907. The minimum absolute atomic E-state index is 0.0781. The maximum atomic E-state index is 14.2. The molecule has 262 valence electrons. The fourth-order valence-corrected chi connectivity index (χ4v) is 5.70. The van der Waals surface area contributed by atoms with E-state index in [4.69, 9.17) is 25.8 Å². The van der Waals surface area contributed by atoms with Crippen LogP contribution in [0.25, 0.3) is 0 Å². The molecular weight excluding hydrogens is 645 g/mol. The number of carbonyl (C=O) groups is 4. The molecule has 2 aromatic carbocycles.